The topological polar surface area (TPSA) is 61.4 Å². The molecule has 0 heterocycles. The Labute approximate surface area is 113 Å². The Kier molecular flexibility index (Phi) is 8.86. The molecule has 0 radical (unpaired) electrons. The highest BCUT2D eigenvalue weighted by Crippen LogP contribution is 2.09. The first-order chi connectivity index (χ1) is 9.02. The van der Waals surface area contributed by atoms with Crippen molar-refractivity contribution in [3.63, 3.8) is 0 Å². The fourth-order valence-corrected chi connectivity index (χ4v) is 1.70. The molecule has 108 valence electrons. The fraction of sp³-hybridized carbons (Fsp3) is 0.929. The zero-order chi connectivity index (χ0) is 14.7. The van der Waals surface area contributed by atoms with Crippen LogP contribution in [0.3, 0.4) is 0 Å². The van der Waals surface area contributed by atoms with Gasteiger partial charge in [-0.25, -0.2) is 0 Å². The molecule has 0 rings (SSSR count). The third-order valence-electron chi connectivity index (χ3n) is 3.19. The van der Waals surface area contributed by atoms with Crippen LogP contribution >= 0.6 is 0 Å². The number of hydrogen-bond donors (Lipinski definition) is 3. The van der Waals surface area contributed by atoms with Crippen LogP contribution in [0.15, 0.2) is 0 Å². The molecular formula is C14H30N2O2. The van der Waals surface area contributed by atoms with Crippen LogP contribution in [0.5, 0.6) is 0 Å². The van der Waals surface area contributed by atoms with Crippen molar-refractivity contribution in [3.8, 4) is 0 Å². The van der Waals surface area contributed by atoms with E-state index in [1.165, 1.54) is 0 Å². The van der Waals surface area contributed by atoms with Crippen molar-refractivity contribution >= 4 is 5.91 Å². The van der Waals surface area contributed by atoms with E-state index in [1.807, 2.05) is 20.8 Å². The number of carbonyl (C=O) groups is 1. The number of nitrogens with one attached hydrogen (secondary N) is 2. The first-order valence-corrected chi connectivity index (χ1v) is 6.94. The molecule has 0 aromatic carbocycles. The summed E-state index contributed by atoms with van der Waals surface area (Å²) in [6, 6.07) is -0.145. The molecule has 0 aliphatic rings. The first-order valence-electron chi connectivity index (χ1n) is 7.64. The Morgan fingerprint density at radius 3 is 2.61 bits per heavy atom. The van der Waals surface area contributed by atoms with Crippen LogP contribution < -0.4 is 10.6 Å². The van der Waals surface area contributed by atoms with Gasteiger partial charge in [-0.05, 0) is 31.8 Å². The molecule has 0 aromatic heterocycles. The van der Waals surface area contributed by atoms with E-state index < -0.39 is 0 Å². The smallest absolute Gasteiger partial charge is 0.223 e. The number of aliphatic hydroxyl groups excluding tert-OH is 1. The number of unbranched alkanes of at least 4 members (excludes halogenated alkanes) is 1. The zero-order valence-corrected chi connectivity index (χ0v) is 12.0. The average Bonchev–Trinajstić information content (AvgIpc) is 2.38. The number of hydrogen-bond acceptors (Lipinski definition) is 3. The molecule has 2 unspecified atom stereocenters. The second-order valence-electron chi connectivity index (χ2n) is 5.19. The van der Waals surface area contributed by atoms with E-state index in [4.69, 9.17) is 1.37 Å². The van der Waals surface area contributed by atoms with Crippen LogP contribution in [-0.2, 0) is 4.79 Å². The minimum atomic E-state index is -0.145. The third-order valence-corrected chi connectivity index (χ3v) is 3.19. The molecule has 1 amide bonds. The lowest BCUT2D eigenvalue weighted by Crippen LogP contribution is -2.43. The van der Waals surface area contributed by atoms with Crippen molar-refractivity contribution in [1.29, 1.82) is 0 Å². The SMILES string of the molecule is [3H]CCNCCCCC(C)C(=O)NC(CO)C(C)C. The van der Waals surface area contributed by atoms with E-state index in [0.29, 0.717) is 6.90 Å². The average molecular weight is 260 g/mol. The van der Waals surface area contributed by atoms with Gasteiger partial charge in [-0.15, -0.1) is 0 Å². The number of aliphatic hydroxyl groups is 1. The molecule has 0 fully saturated rings. The summed E-state index contributed by atoms with van der Waals surface area (Å²) >= 11 is 0. The highest BCUT2D eigenvalue weighted by Gasteiger charge is 2.18. The predicted molar refractivity (Wildman–Crippen MR) is 75.4 cm³/mol. The second kappa shape index (κ2) is 10.3. The molecule has 3 N–H and O–H groups in total. The van der Waals surface area contributed by atoms with Gasteiger partial charge in [0.1, 0.15) is 0 Å². The summed E-state index contributed by atoms with van der Waals surface area (Å²) in [7, 11) is 0. The van der Waals surface area contributed by atoms with Crippen LogP contribution in [-0.4, -0.2) is 36.8 Å². The summed E-state index contributed by atoms with van der Waals surface area (Å²) < 4.78 is 6.99. The normalized spacial score (nSPS) is 15.3. The number of amides is 1. The molecule has 0 saturated heterocycles. The Bertz CT molecular complexity index is 237. The molecule has 4 heteroatoms. The van der Waals surface area contributed by atoms with Gasteiger partial charge in [0, 0.05) is 7.29 Å². The molecule has 0 aromatic rings. The van der Waals surface area contributed by atoms with Gasteiger partial charge in [0.15, 0.2) is 0 Å². The maximum atomic E-state index is 11.9. The van der Waals surface area contributed by atoms with Crippen LogP contribution in [0.4, 0.5) is 0 Å². The van der Waals surface area contributed by atoms with Crippen LogP contribution in [0.1, 0.15) is 48.3 Å². The monoisotopic (exact) mass is 260 g/mol. The largest absolute Gasteiger partial charge is 0.394 e. The Balaban J connectivity index is 3.75. The molecule has 0 saturated carbocycles. The molecular weight excluding hydrogens is 228 g/mol. The summed E-state index contributed by atoms with van der Waals surface area (Å²) in [4.78, 5) is 11.9. The quantitative estimate of drug-likeness (QED) is 0.522. The predicted octanol–water partition coefficient (Wildman–Crippen LogP) is 1.54. The van der Waals surface area contributed by atoms with Gasteiger partial charge in [-0.2, -0.15) is 0 Å². The van der Waals surface area contributed by atoms with Gasteiger partial charge >= 0.3 is 0 Å². The fourth-order valence-electron chi connectivity index (χ4n) is 1.70. The third kappa shape index (κ3) is 7.67. The summed E-state index contributed by atoms with van der Waals surface area (Å²) in [5.74, 6) is 0.270. The van der Waals surface area contributed by atoms with E-state index in [-0.39, 0.29) is 30.4 Å². The van der Waals surface area contributed by atoms with Gasteiger partial charge < -0.3 is 15.7 Å². The maximum absolute atomic E-state index is 11.9. The molecule has 2 atom stereocenters. The second-order valence-corrected chi connectivity index (χ2v) is 5.19. The van der Waals surface area contributed by atoms with Crippen molar-refractivity contribution in [3.05, 3.63) is 0 Å². The molecule has 18 heavy (non-hydrogen) atoms. The van der Waals surface area contributed by atoms with Crippen LogP contribution in [0.25, 0.3) is 0 Å². The van der Waals surface area contributed by atoms with Crippen molar-refractivity contribution in [1.82, 2.24) is 10.6 Å². The van der Waals surface area contributed by atoms with Gasteiger partial charge in [-0.1, -0.05) is 34.1 Å². The minimum absolute atomic E-state index is 0.00677. The summed E-state index contributed by atoms with van der Waals surface area (Å²) in [6.45, 7) is 7.97. The molecule has 0 bridgehead atoms. The highest BCUT2D eigenvalue weighted by atomic mass is 16.3. The van der Waals surface area contributed by atoms with Gasteiger partial charge in [-0.3, -0.25) is 4.79 Å². The van der Waals surface area contributed by atoms with E-state index in [2.05, 4.69) is 10.6 Å². The highest BCUT2D eigenvalue weighted by molar-refractivity contribution is 5.78. The molecule has 0 aliphatic carbocycles. The standard InChI is InChI=1S/C14H30N2O2/c1-5-15-9-7-6-8-12(4)14(18)16-13(10-17)11(2)3/h11-13,15,17H,5-10H2,1-4H3,(H,16,18)/i1T. The summed E-state index contributed by atoms with van der Waals surface area (Å²) in [5.41, 5.74) is 0. The van der Waals surface area contributed by atoms with E-state index >= 15 is 0 Å². The molecule has 0 spiro atoms. The zero-order valence-electron chi connectivity index (χ0n) is 13.0. The minimum Gasteiger partial charge on any atom is -0.394 e. The molecule has 4 nitrogen and oxygen atoms in total. The summed E-state index contributed by atoms with van der Waals surface area (Å²) in [5, 5.41) is 15.3. The van der Waals surface area contributed by atoms with Gasteiger partial charge in [0.25, 0.3) is 0 Å². The Hall–Kier alpha value is -0.610. The van der Waals surface area contributed by atoms with Crippen molar-refractivity contribution in [2.75, 3.05) is 19.7 Å². The number of rotatable bonds is 10. The van der Waals surface area contributed by atoms with E-state index in [9.17, 15) is 9.90 Å². The lowest BCUT2D eigenvalue weighted by molar-refractivity contribution is -0.126. The van der Waals surface area contributed by atoms with Crippen LogP contribution in [0, 0.1) is 11.8 Å². The van der Waals surface area contributed by atoms with E-state index in [1.54, 1.807) is 0 Å². The Morgan fingerprint density at radius 1 is 1.33 bits per heavy atom. The Morgan fingerprint density at radius 2 is 2.06 bits per heavy atom. The van der Waals surface area contributed by atoms with Crippen molar-refractivity contribution in [2.24, 2.45) is 11.8 Å². The first kappa shape index (κ1) is 15.4. The number of carbonyl (C=O) groups excluding carboxylic acids is 1. The van der Waals surface area contributed by atoms with Gasteiger partial charge in [0.2, 0.25) is 5.91 Å². The van der Waals surface area contributed by atoms with Crippen molar-refractivity contribution in [2.45, 2.75) is 53.0 Å². The lowest BCUT2D eigenvalue weighted by Gasteiger charge is -2.22. The maximum Gasteiger partial charge on any atom is 0.223 e. The van der Waals surface area contributed by atoms with E-state index in [0.717, 1.165) is 32.4 Å². The van der Waals surface area contributed by atoms with Gasteiger partial charge in [0.05, 0.1) is 12.6 Å². The van der Waals surface area contributed by atoms with Crippen LogP contribution in [0.2, 0.25) is 0 Å². The lowest BCUT2D eigenvalue weighted by atomic mass is 10.0. The summed E-state index contributed by atoms with van der Waals surface area (Å²) in [6.07, 6.45) is 2.90. The van der Waals surface area contributed by atoms with Crippen molar-refractivity contribution < 1.29 is 11.3 Å². The molecule has 0 aliphatic heterocycles.